The zero-order valence-electron chi connectivity index (χ0n) is 9.32. The Morgan fingerprint density at radius 3 is 2.59 bits per heavy atom. The van der Waals surface area contributed by atoms with E-state index in [4.69, 9.17) is 5.73 Å². The van der Waals surface area contributed by atoms with E-state index in [-0.39, 0.29) is 16.6 Å². The number of rotatable bonds is 3. The minimum Gasteiger partial charge on any atom is -0.395 e. The van der Waals surface area contributed by atoms with Crippen molar-refractivity contribution in [2.24, 2.45) is 0 Å². The van der Waals surface area contributed by atoms with E-state index >= 15 is 0 Å². The van der Waals surface area contributed by atoms with Gasteiger partial charge in [0.2, 0.25) is 10.0 Å². The maximum absolute atomic E-state index is 13.2. The molecule has 6 heteroatoms. The lowest BCUT2D eigenvalue weighted by molar-refractivity contribution is 0.551. The predicted molar refractivity (Wildman–Crippen MR) is 63.4 cm³/mol. The predicted octanol–water partition coefficient (Wildman–Crippen LogP) is 1.63. The third kappa shape index (κ3) is 2.58. The molecular weight excluding hydrogens is 243 g/mol. The number of benzene rings is 1. The standard InChI is InChI=1S/C11H15FN2O2S/c12-9-6-3-7-10(11(9)13)17(15,16)14-8-4-1-2-5-8/h3,6-8,14H,1-2,4-5,13H2. The summed E-state index contributed by atoms with van der Waals surface area (Å²) in [5.74, 6) is -0.709. The van der Waals surface area contributed by atoms with Gasteiger partial charge in [-0.15, -0.1) is 0 Å². The second kappa shape index (κ2) is 4.62. The van der Waals surface area contributed by atoms with Crippen molar-refractivity contribution in [2.45, 2.75) is 36.6 Å². The highest BCUT2D eigenvalue weighted by Gasteiger charge is 2.25. The second-order valence-corrected chi connectivity index (χ2v) is 5.94. The van der Waals surface area contributed by atoms with Gasteiger partial charge in [-0.3, -0.25) is 0 Å². The Bertz CT molecular complexity index is 510. The largest absolute Gasteiger partial charge is 0.395 e. The molecule has 0 spiro atoms. The molecule has 1 fully saturated rings. The molecule has 0 aromatic heterocycles. The Morgan fingerprint density at radius 2 is 1.94 bits per heavy atom. The number of nitrogen functional groups attached to an aromatic ring is 1. The van der Waals surface area contributed by atoms with Crippen LogP contribution in [0.2, 0.25) is 0 Å². The van der Waals surface area contributed by atoms with E-state index in [1.165, 1.54) is 12.1 Å². The van der Waals surface area contributed by atoms with Crippen molar-refractivity contribution >= 4 is 15.7 Å². The van der Waals surface area contributed by atoms with Crippen LogP contribution in [-0.2, 0) is 10.0 Å². The van der Waals surface area contributed by atoms with Gasteiger partial charge in [-0.1, -0.05) is 18.9 Å². The van der Waals surface area contributed by atoms with Crippen LogP contribution in [0, 0.1) is 5.82 Å². The zero-order valence-corrected chi connectivity index (χ0v) is 10.1. The van der Waals surface area contributed by atoms with Crippen LogP contribution in [0.25, 0.3) is 0 Å². The van der Waals surface area contributed by atoms with Crippen LogP contribution in [0.15, 0.2) is 23.1 Å². The highest BCUT2D eigenvalue weighted by Crippen LogP contribution is 2.24. The molecule has 0 saturated heterocycles. The van der Waals surface area contributed by atoms with Gasteiger partial charge in [0, 0.05) is 6.04 Å². The first-order valence-corrected chi connectivity index (χ1v) is 7.05. The second-order valence-electron chi connectivity index (χ2n) is 4.25. The summed E-state index contributed by atoms with van der Waals surface area (Å²) >= 11 is 0. The molecule has 0 heterocycles. The van der Waals surface area contributed by atoms with Crippen molar-refractivity contribution < 1.29 is 12.8 Å². The van der Waals surface area contributed by atoms with Crippen LogP contribution in [0.5, 0.6) is 0 Å². The molecule has 1 saturated carbocycles. The lowest BCUT2D eigenvalue weighted by atomic mass is 10.3. The summed E-state index contributed by atoms with van der Waals surface area (Å²) in [6, 6.07) is 3.75. The van der Waals surface area contributed by atoms with Crippen LogP contribution in [-0.4, -0.2) is 14.5 Å². The van der Waals surface area contributed by atoms with Crippen molar-refractivity contribution in [2.75, 3.05) is 5.73 Å². The van der Waals surface area contributed by atoms with Crippen molar-refractivity contribution in [3.05, 3.63) is 24.0 Å². The monoisotopic (exact) mass is 258 g/mol. The van der Waals surface area contributed by atoms with Crippen LogP contribution in [0.1, 0.15) is 25.7 Å². The number of hydrogen-bond donors (Lipinski definition) is 2. The molecular formula is C11H15FN2O2S. The van der Waals surface area contributed by atoms with E-state index in [9.17, 15) is 12.8 Å². The third-order valence-corrected chi connectivity index (χ3v) is 4.56. The molecule has 0 aliphatic heterocycles. The van der Waals surface area contributed by atoms with E-state index in [0.29, 0.717) is 0 Å². The first-order valence-electron chi connectivity index (χ1n) is 5.57. The van der Waals surface area contributed by atoms with E-state index < -0.39 is 15.8 Å². The van der Waals surface area contributed by atoms with Gasteiger partial charge in [0.25, 0.3) is 0 Å². The van der Waals surface area contributed by atoms with Crippen molar-refractivity contribution in [3.8, 4) is 0 Å². The maximum Gasteiger partial charge on any atom is 0.242 e. The SMILES string of the molecule is Nc1c(F)cccc1S(=O)(=O)NC1CCCC1. The average Bonchev–Trinajstić information content (AvgIpc) is 2.73. The molecule has 0 unspecified atom stereocenters. The van der Waals surface area contributed by atoms with Gasteiger partial charge in [0.1, 0.15) is 10.7 Å². The summed E-state index contributed by atoms with van der Waals surface area (Å²) in [6.07, 6.45) is 3.69. The number of halogens is 1. The van der Waals surface area contributed by atoms with E-state index in [2.05, 4.69) is 4.72 Å². The number of nitrogens with two attached hydrogens (primary N) is 1. The molecule has 0 amide bonds. The fourth-order valence-corrected chi connectivity index (χ4v) is 3.52. The van der Waals surface area contributed by atoms with Crippen LogP contribution < -0.4 is 10.5 Å². The zero-order chi connectivity index (χ0) is 12.5. The van der Waals surface area contributed by atoms with Crippen LogP contribution in [0.3, 0.4) is 0 Å². The first-order chi connectivity index (χ1) is 8.00. The molecule has 0 bridgehead atoms. The molecule has 0 radical (unpaired) electrons. The summed E-state index contributed by atoms with van der Waals surface area (Å²) in [5.41, 5.74) is 5.13. The summed E-state index contributed by atoms with van der Waals surface area (Å²) in [7, 11) is -3.71. The Hall–Kier alpha value is -1.14. The highest BCUT2D eigenvalue weighted by molar-refractivity contribution is 7.89. The maximum atomic E-state index is 13.2. The quantitative estimate of drug-likeness (QED) is 0.809. The minimum atomic E-state index is -3.71. The van der Waals surface area contributed by atoms with Gasteiger partial charge < -0.3 is 5.73 Å². The van der Waals surface area contributed by atoms with E-state index in [1.54, 1.807) is 0 Å². The molecule has 17 heavy (non-hydrogen) atoms. The molecule has 4 nitrogen and oxygen atoms in total. The summed E-state index contributed by atoms with van der Waals surface area (Å²) in [5, 5.41) is 0. The Morgan fingerprint density at radius 1 is 1.29 bits per heavy atom. The van der Waals surface area contributed by atoms with E-state index in [1.807, 2.05) is 0 Å². The first kappa shape index (κ1) is 12.3. The number of nitrogens with one attached hydrogen (secondary N) is 1. The molecule has 0 atom stereocenters. The van der Waals surface area contributed by atoms with Gasteiger partial charge in [-0.25, -0.2) is 17.5 Å². The molecule has 2 rings (SSSR count). The number of hydrogen-bond acceptors (Lipinski definition) is 3. The lowest BCUT2D eigenvalue weighted by Crippen LogP contribution is -2.33. The van der Waals surface area contributed by atoms with Gasteiger partial charge in [0.05, 0.1) is 5.69 Å². The van der Waals surface area contributed by atoms with Gasteiger partial charge in [0.15, 0.2) is 0 Å². The minimum absolute atomic E-state index is 0.0531. The number of para-hydroxylation sites is 1. The fraction of sp³-hybridized carbons (Fsp3) is 0.455. The molecule has 1 aromatic carbocycles. The van der Waals surface area contributed by atoms with Gasteiger partial charge in [-0.2, -0.15) is 0 Å². The summed E-state index contributed by atoms with van der Waals surface area (Å²) in [6.45, 7) is 0. The average molecular weight is 258 g/mol. The van der Waals surface area contributed by atoms with E-state index in [0.717, 1.165) is 31.7 Å². The van der Waals surface area contributed by atoms with Crippen molar-refractivity contribution in [1.82, 2.24) is 4.72 Å². The Balaban J connectivity index is 2.28. The summed E-state index contributed by atoms with van der Waals surface area (Å²) < 4.78 is 39.8. The van der Waals surface area contributed by atoms with Crippen molar-refractivity contribution in [1.29, 1.82) is 0 Å². The lowest BCUT2D eigenvalue weighted by Gasteiger charge is -2.13. The fourth-order valence-electron chi connectivity index (χ4n) is 2.08. The third-order valence-electron chi connectivity index (χ3n) is 2.98. The Labute approximate surface area is 100 Å². The molecule has 1 aliphatic rings. The topological polar surface area (TPSA) is 72.2 Å². The molecule has 94 valence electrons. The molecule has 1 aromatic rings. The van der Waals surface area contributed by atoms with Crippen LogP contribution >= 0.6 is 0 Å². The smallest absolute Gasteiger partial charge is 0.242 e. The normalized spacial score (nSPS) is 17.5. The van der Waals surface area contributed by atoms with Gasteiger partial charge >= 0.3 is 0 Å². The number of sulfonamides is 1. The molecule has 1 aliphatic carbocycles. The van der Waals surface area contributed by atoms with Gasteiger partial charge in [-0.05, 0) is 25.0 Å². The van der Waals surface area contributed by atoms with Crippen molar-refractivity contribution in [3.63, 3.8) is 0 Å². The summed E-state index contributed by atoms with van der Waals surface area (Å²) in [4.78, 5) is -0.176. The Kier molecular flexibility index (Phi) is 3.35. The molecule has 3 N–H and O–H groups in total. The number of anilines is 1. The highest BCUT2D eigenvalue weighted by atomic mass is 32.2. The van der Waals surface area contributed by atoms with Crippen LogP contribution in [0.4, 0.5) is 10.1 Å².